The van der Waals surface area contributed by atoms with Crippen molar-refractivity contribution in [2.45, 2.75) is 37.3 Å². The molecule has 2 aromatic rings. The monoisotopic (exact) mass is 461 g/mol. The number of azo groups is 1. The van der Waals surface area contributed by atoms with Crippen LogP contribution in [0.4, 0.5) is 11.4 Å². The smallest absolute Gasteiger partial charge is 0.271 e. The zero-order valence-electron chi connectivity index (χ0n) is 17.4. The molecule has 1 unspecified atom stereocenters. The van der Waals surface area contributed by atoms with E-state index in [-0.39, 0.29) is 47.5 Å². The minimum absolute atomic E-state index is 0.0131. The predicted octanol–water partition coefficient (Wildman–Crippen LogP) is 1.60. The number of hydrogen-bond acceptors (Lipinski definition) is 9. The van der Waals surface area contributed by atoms with Gasteiger partial charge in [-0.15, -0.1) is 5.11 Å². The average Bonchev–Trinajstić information content (AvgIpc) is 3.29. The van der Waals surface area contributed by atoms with Gasteiger partial charge in [-0.25, -0.2) is 13.1 Å². The molecule has 0 bridgehead atoms. The number of pyridine rings is 1. The molecular formula is C20H23N5O6S. The summed E-state index contributed by atoms with van der Waals surface area (Å²) in [6.45, 7) is 1.73. The number of nitrogens with zero attached hydrogens (tertiary/aromatic N) is 4. The molecule has 12 heteroatoms. The molecule has 3 rings (SSSR count). The van der Waals surface area contributed by atoms with E-state index in [1.807, 2.05) is 6.07 Å². The van der Waals surface area contributed by atoms with Crippen molar-refractivity contribution in [1.82, 2.24) is 9.29 Å². The Balaban J connectivity index is 1.92. The van der Waals surface area contributed by atoms with Crippen molar-refractivity contribution in [2.24, 2.45) is 10.2 Å². The first-order chi connectivity index (χ1) is 15.3. The number of nitriles is 1. The predicted molar refractivity (Wildman–Crippen MR) is 114 cm³/mol. The van der Waals surface area contributed by atoms with Crippen molar-refractivity contribution < 1.29 is 23.4 Å². The lowest BCUT2D eigenvalue weighted by atomic mass is 10.1. The number of benzene rings is 1. The minimum atomic E-state index is -3.76. The van der Waals surface area contributed by atoms with E-state index >= 15 is 0 Å². The Labute approximate surface area is 184 Å². The molecule has 1 aliphatic rings. The molecule has 32 heavy (non-hydrogen) atoms. The van der Waals surface area contributed by atoms with Gasteiger partial charge in [0.2, 0.25) is 15.9 Å². The molecule has 0 radical (unpaired) electrons. The molecule has 1 aliphatic heterocycles. The quantitative estimate of drug-likeness (QED) is 0.502. The molecule has 1 aromatic carbocycles. The van der Waals surface area contributed by atoms with Gasteiger partial charge in [-0.2, -0.15) is 10.4 Å². The highest BCUT2D eigenvalue weighted by atomic mass is 32.2. The lowest BCUT2D eigenvalue weighted by Gasteiger charge is -2.16. The van der Waals surface area contributed by atoms with Gasteiger partial charge >= 0.3 is 0 Å². The highest BCUT2D eigenvalue weighted by Gasteiger charge is 2.23. The number of nitrogens with one attached hydrogen (secondary N) is 1. The van der Waals surface area contributed by atoms with Crippen LogP contribution in [0.3, 0.4) is 0 Å². The molecule has 11 nitrogen and oxygen atoms in total. The summed E-state index contributed by atoms with van der Waals surface area (Å²) in [5.74, 6) is -0.418. The number of aliphatic hydroxyl groups excluding tert-OH is 1. The summed E-state index contributed by atoms with van der Waals surface area (Å²) in [7, 11) is -3.76. The summed E-state index contributed by atoms with van der Waals surface area (Å²) in [5, 5.41) is 36.9. The molecule has 0 spiro atoms. The molecule has 0 amide bonds. The molecule has 0 aliphatic carbocycles. The summed E-state index contributed by atoms with van der Waals surface area (Å²) in [6.07, 6.45) is 1.35. The van der Waals surface area contributed by atoms with Crippen molar-refractivity contribution in [3.05, 3.63) is 45.7 Å². The molecule has 1 fully saturated rings. The molecule has 1 aromatic heterocycles. The van der Waals surface area contributed by atoms with Gasteiger partial charge < -0.3 is 14.9 Å². The van der Waals surface area contributed by atoms with E-state index in [4.69, 9.17) is 9.84 Å². The van der Waals surface area contributed by atoms with Gasteiger partial charge in [0.1, 0.15) is 11.6 Å². The third kappa shape index (κ3) is 5.03. The topological polar surface area (TPSA) is 166 Å². The van der Waals surface area contributed by atoms with E-state index in [0.29, 0.717) is 12.3 Å². The van der Waals surface area contributed by atoms with Crippen molar-refractivity contribution in [1.29, 1.82) is 5.26 Å². The number of aromatic nitrogens is 1. The van der Waals surface area contributed by atoms with E-state index in [0.717, 1.165) is 17.4 Å². The van der Waals surface area contributed by atoms with Crippen LogP contribution in [0.5, 0.6) is 5.88 Å². The second-order valence-corrected chi connectivity index (χ2v) is 8.92. The zero-order chi connectivity index (χ0) is 23.3. The fourth-order valence-corrected chi connectivity index (χ4v) is 4.30. The van der Waals surface area contributed by atoms with Crippen LogP contribution in [0, 0.1) is 18.3 Å². The normalized spacial score (nSPS) is 16.5. The van der Waals surface area contributed by atoms with Crippen LogP contribution in [0.15, 0.2) is 44.2 Å². The Morgan fingerprint density at radius 3 is 2.62 bits per heavy atom. The zero-order valence-corrected chi connectivity index (χ0v) is 18.2. The van der Waals surface area contributed by atoms with Gasteiger partial charge in [0.05, 0.1) is 29.8 Å². The molecule has 3 N–H and O–H groups in total. The third-order valence-electron chi connectivity index (χ3n) is 5.00. The molecule has 1 saturated heterocycles. The number of sulfonamides is 1. The van der Waals surface area contributed by atoms with Gasteiger partial charge in [0.25, 0.3) is 5.56 Å². The Hall–Kier alpha value is -3.11. The van der Waals surface area contributed by atoms with E-state index in [9.17, 15) is 23.6 Å². The fraction of sp³-hybridized carbons (Fsp3) is 0.400. The maximum atomic E-state index is 12.6. The van der Waals surface area contributed by atoms with Crippen LogP contribution >= 0.6 is 0 Å². The Kier molecular flexibility index (Phi) is 7.37. The number of rotatable bonds is 8. The first-order valence-electron chi connectivity index (χ1n) is 9.89. The average molecular weight is 462 g/mol. The van der Waals surface area contributed by atoms with Crippen LogP contribution in [-0.2, 0) is 21.3 Å². The maximum Gasteiger partial charge on any atom is 0.271 e. The standard InChI is InChI=1S/C20H23N5O6S/c1-13-17(11-21)19(27)25(12-15-3-2-10-31-15)20(28)18(13)24-23-14-4-6-16(7-5-14)32(29,30)22-8-9-26/h4-7,15,22,26,28H,2-3,8-10,12H2,1H3/b24-23+. The van der Waals surface area contributed by atoms with E-state index in [2.05, 4.69) is 15.0 Å². The lowest BCUT2D eigenvalue weighted by molar-refractivity contribution is 0.0939. The van der Waals surface area contributed by atoms with Crippen LogP contribution in [-0.4, -0.2) is 49.1 Å². The SMILES string of the molecule is Cc1c(/N=N/c2ccc(S(=O)(=O)NCCO)cc2)c(O)n(CC2CCCO2)c(=O)c1C#N. The minimum Gasteiger partial charge on any atom is -0.493 e. The lowest BCUT2D eigenvalue weighted by Crippen LogP contribution is -2.28. The first-order valence-corrected chi connectivity index (χ1v) is 11.4. The second-order valence-electron chi connectivity index (χ2n) is 7.15. The largest absolute Gasteiger partial charge is 0.493 e. The van der Waals surface area contributed by atoms with Crippen molar-refractivity contribution in [3.8, 4) is 11.9 Å². The molecule has 0 saturated carbocycles. The summed E-state index contributed by atoms with van der Waals surface area (Å²) in [5.41, 5.74) is -0.316. The Morgan fingerprint density at radius 2 is 2.03 bits per heavy atom. The molecule has 1 atom stereocenters. The second kappa shape index (κ2) is 10.0. The van der Waals surface area contributed by atoms with Gasteiger partial charge in [0.15, 0.2) is 5.69 Å². The van der Waals surface area contributed by atoms with Crippen LogP contribution < -0.4 is 10.3 Å². The van der Waals surface area contributed by atoms with Gasteiger partial charge in [0, 0.05) is 18.7 Å². The number of ether oxygens (including phenoxy) is 1. The maximum absolute atomic E-state index is 12.6. The van der Waals surface area contributed by atoms with Crippen LogP contribution in [0.2, 0.25) is 0 Å². The van der Waals surface area contributed by atoms with Crippen molar-refractivity contribution in [2.75, 3.05) is 19.8 Å². The Morgan fingerprint density at radius 1 is 1.31 bits per heavy atom. The van der Waals surface area contributed by atoms with Crippen molar-refractivity contribution in [3.63, 3.8) is 0 Å². The summed E-state index contributed by atoms with van der Waals surface area (Å²) < 4.78 is 33.0. The summed E-state index contributed by atoms with van der Waals surface area (Å²) >= 11 is 0. The molecular weight excluding hydrogens is 438 g/mol. The van der Waals surface area contributed by atoms with Crippen LogP contribution in [0.1, 0.15) is 24.0 Å². The van der Waals surface area contributed by atoms with E-state index in [1.54, 1.807) is 0 Å². The number of aliphatic hydroxyl groups is 1. The highest BCUT2D eigenvalue weighted by molar-refractivity contribution is 7.89. The van der Waals surface area contributed by atoms with Crippen LogP contribution in [0.25, 0.3) is 0 Å². The highest BCUT2D eigenvalue weighted by Crippen LogP contribution is 2.33. The molecule has 2 heterocycles. The van der Waals surface area contributed by atoms with Gasteiger partial charge in [-0.1, -0.05) is 0 Å². The number of aromatic hydroxyl groups is 1. The molecule has 170 valence electrons. The summed E-state index contributed by atoms with van der Waals surface area (Å²) in [6, 6.07) is 7.32. The first kappa shape index (κ1) is 23.6. The number of hydrogen-bond donors (Lipinski definition) is 3. The third-order valence-corrected chi connectivity index (χ3v) is 6.47. The van der Waals surface area contributed by atoms with E-state index in [1.165, 1.54) is 31.2 Å². The summed E-state index contributed by atoms with van der Waals surface area (Å²) in [4.78, 5) is 12.6. The van der Waals surface area contributed by atoms with Gasteiger partial charge in [-0.3, -0.25) is 9.36 Å². The fourth-order valence-electron chi connectivity index (χ4n) is 3.28. The Bertz CT molecular complexity index is 1210. The van der Waals surface area contributed by atoms with Gasteiger partial charge in [-0.05, 0) is 44.0 Å². The van der Waals surface area contributed by atoms with Crippen molar-refractivity contribution >= 4 is 21.4 Å². The van der Waals surface area contributed by atoms with E-state index < -0.39 is 21.5 Å².